The van der Waals surface area contributed by atoms with Crippen molar-refractivity contribution >= 4 is 33.9 Å². The maximum absolute atomic E-state index is 10.1. The Morgan fingerprint density at radius 2 is 1.77 bits per heavy atom. The molecule has 0 amide bonds. The van der Waals surface area contributed by atoms with E-state index in [0.717, 1.165) is 73.2 Å². The fourth-order valence-corrected chi connectivity index (χ4v) is 7.47. The molecule has 9 heteroatoms. The van der Waals surface area contributed by atoms with Crippen molar-refractivity contribution in [2.75, 3.05) is 23.7 Å². The van der Waals surface area contributed by atoms with Crippen LogP contribution in [0.4, 0.5) is 11.4 Å². The summed E-state index contributed by atoms with van der Waals surface area (Å²) in [6.07, 6.45) is 8.93. The minimum absolute atomic E-state index is 0.0930. The van der Waals surface area contributed by atoms with E-state index in [-0.39, 0.29) is 17.6 Å². The van der Waals surface area contributed by atoms with E-state index in [2.05, 4.69) is 101 Å². The molecule has 0 saturated carbocycles. The van der Waals surface area contributed by atoms with Gasteiger partial charge in [0.1, 0.15) is 11.8 Å². The van der Waals surface area contributed by atoms with E-state index >= 15 is 0 Å². The van der Waals surface area contributed by atoms with E-state index in [1.165, 1.54) is 11.1 Å². The maximum Gasteiger partial charge on any atom is 0.109 e. The topological polar surface area (TPSA) is 94.7 Å². The molecule has 0 radical (unpaired) electrons. The molecular weight excluding hydrogens is 604 g/mol. The number of nitriles is 1. The average molecular weight is 645 g/mol. The SMILES string of the molecule is CC(C)(C)N1CCC(n2cc([C@@H](Nc3cc(Cl)c4ncc(C#N)c(N[C@H]5CCCc6ccccc65)c4c3)c3ccccc3)nn2)CC1. The number of piperidine rings is 1. The molecule has 5 aromatic rings. The molecule has 7 rings (SSSR count). The lowest BCUT2D eigenvalue weighted by atomic mass is 9.87. The Bertz CT molecular complexity index is 1910. The predicted molar refractivity (Wildman–Crippen MR) is 189 cm³/mol. The number of fused-ring (bicyclic) bond motifs is 2. The van der Waals surface area contributed by atoms with Gasteiger partial charge in [-0.25, -0.2) is 4.68 Å². The molecule has 1 fully saturated rings. The van der Waals surface area contributed by atoms with Gasteiger partial charge in [-0.1, -0.05) is 71.4 Å². The molecule has 2 aromatic heterocycles. The highest BCUT2D eigenvalue weighted by molar-refractivity contribution is 6.35. The molecule has 2 aliphatic rings. The summed E-state index contributed by atoms with van der Waals surface area (Å²) >= 11 is 6.93. The number of rotatable bonds is 7. The Morgan fingerprint density at radius 3 is 2.53 bits per heavy atom. The fraction of sp³-hybridized carbons (Fsp3) is 0.368. The van der Waals surface area contributed by atoms with Crippen molar-refractivity contribution in [3.05, 3.63) is 112 Å². The Hall–Kier alpha value is -4.45. The molecule has 1 aliphatic heterocycles. The molecule has 3 heterocycles. The van der Waals surface area contributed by atoms with Crippen LogP contribution in [0.3, 0.4) is 0 Å². The van der Waals surface area contributed by atoms with Gasteiger partial charge in [0, 0.05) is 35.9 Å². The first kappa shape index (κ1) is 31.2. The van der Waals surface area contributed by atoms with Gasteiger partial charge in [0.15, 0.2) is 0 Å². The number of aromatic nitrogens is 4. The zero-order valence-electron chi connectivity index (χ0n) is 27.2. The van der Waals surface area contributed by atoms with Crippen LogP contribution in [0.25, 0.3) is 10.9 Å². The first-order valence-electron chi connectivity index (χ1n) is 16.6. The lowest BCUT2D eigenvalue weighted by molar-refractivity contribution is 0.0866. The number of likely N-dealkylation sites (tertiary alicyclic amines) is 1. The minimum Gasteiger partial charge on any atom is -0.377 e. The Balaban J connectivity index is 1.22. The molecular formula is C38H41ClN8. The van der Waals surface area contributed by atoms with Crippen molar-refractivity contribution < 1.29 is 0 Å². The number of aryl methyl sites for hydroxylation is 1. The second kappa shape index (κ2) is 13.0. The maximum atomic E-state index is 10.1. The van der Waals surface area contributed by atoms with Gasteiger partial charge in [-0.2, -0.15) is 5.26 Å². The molecule has 240 valence electrons. The second-order valence-electron chi connectivity index (χ2n) is 13.8. The van der Waals surface area contributed by atoms with Gasteiger partial charge < -0.3 is 10.6 Å². The van der Waals surface area contributed by atoms with E-state index in [9.17, 15) is 5.26 Å². The molecule has 8 nitrogen and oxygen atoms in total. The first-order chi connectivity index (χ1) is 22.8. The molecule has 0 spiro atoms. The van der Waals surface area contributed by atoms with Gasteiger partial charge in [0.2, 0.25) is 0 Å². The summed E-state index contributed by atoms with van der Waals surface area (Å²) in [6, 6.07) is 25.3. The van der Waals surface area contributed by atoms with Crippen molar-refractivity contribution in [3.8, 4) is 6.07 Å². The monoisotopic (exact) mass is 644 g/mol. The highest BCUT2D eigenvalue weighted by atomic mass is 35.5. The van der Waals surface area contributed by atoms with Gasteiger partial charge in [-0.3, -0.25) is 9.88 Å². The molecule has 0 bridgehead atoms. The zero-order chi connectivity index (χ0) is 32.5. The number of hydrogen-bond donors (Lipinski definition) is 2. The molecule has 2 atom stereocenters. The number of halogens is 1. The van der Waals surface area contributed by atoms with Crippen LogP contribution >= 0.6 is 11.6 Å². The number of nitrogens with zero attached hydrogens (tertiary/aromatic N) is 6. The van der Waals surface area contributed by atoms with Crippen molar-refractivity contribution in [1.82, 2.24) is 24.9 Å². The van der Waals surface area contributed by atoms with Crippen LogP contribution in [0.1, 0.15) is 92.5 Å². The minimum atomic E-state index is -0.262. The third-order valence-corrected chi connectivity index (χ3v) is 10.1. The molecule has 1 saturated heterocycles. The first-order valence-corrected chi connectivity index (χ1v) is 17.0. The van der Waals surface area contributed by atoms with Gasteiger partial charge in [0.25, 0.3) is 0 Å². The van der Waals surface area contributed by atoms with E-state index < -0.39 is 0 Å². The van der Waals surface area contributed by atoms with Crippen molar-refractivity contribution in [2.24, 2.45) is 0 Å². The summed E-state index contributed by atoms with van der Waals surface area (Å²) in [5.41, 5.74) is 7.44. The largest absolute Gasteiger partial charge is 0.377 e. The van der Waals surface area contributed by atoms with Gasteiger partial charge in [-0.05, 0) is 81.7 Å². The van der Waals surface area contributed by atoms with Crippen LogP contribution < -0.4 is 10.6 Å². The quantitative estimate of drug-likeness (QED) is 0.183. The van der Waals surface area contributed by atoms with E-state index in [1.807, 2.05) is 28.9 Å². The number of nitrogens with one attached hydrogen (secondary N) is 2. The smallest absolute Gasteiger partial charge is 0.109 e. The summed E-state index contributed by atoms with van der Waals surface area (Å²) in [5.74, 6) is 0. The average Bonchev–Trinajstić information content (AvgIpc) is 3.58. The fourth-order valence-electron chi connectivity index (χ4n) is 7.20. The summed E-state index contributed by atoms with van der Waals surface area (Å²) < 4.78 is 2.05. The third kappa shape index (κ3) is 6.43. The molecule has 2 N–H and O–H groups in total. The normalized spacial score (nSPS) is 18.0. The summed E-state index contributed by atoms with van der Waals surface area (Å²) in [6.45, 7) is 8.92. The van der Waals surface area contributed by atoms with Crippen LogP contribution in [-0.4, -0.2) is 43.5 Å². The van der Waals surface area contributed by atoms with Crippen molar-refractivity contribution in [2.45, 2.75) is 76.5 Å². The summed E-state index contributed by atoms with van der Waals surface area (Å²) in [5, 5.41) is 28.3. The number of benzene rings is 3. The lowest BCUT2D eigenvalue weighted by Crippen LogP contribution is -2.46. The predicted octanol–water partition coefficient (Wildman–Crippen LogP) is 8.48. The van der Waals surface area contributed by atoms with Crippen LogP contribution in [0.5, 0.6) is 0 Å². The summed E-state index contributed by atoms with van der Waals surface area (Å²) in [7, 11) is 0. The highest BCUT2D eigenvalue weighted by Gasteiger charge is 2.29. The molecule has 0 unspecified atom stereocenters. The Kier molecular flexibility index (Phi) is 8.61. The van der Waals surface area contributed by atoms with Crippen molar-refractivity contribution in [1.29, 1.82) is 5.26 Å². The van der Waals surface area contributed by atoms with Crippen LogP contribution in [0.2, 0.25) is 5.02 Å². The number of hydrogen-bond acceptors (Lipinski definition) is 7. The van der Waals surface area contributed by atoms with E-state index in [4.69, 9.17) is 16.7 Å². The van der Waals surface area contributed by atoms with E-state index in [0.29, 0.717) is 22.1 Å². The summed E-state index contributed by atoms with van der Waals surface area (Å²) in [4.78, 5) is 7.15. The van der Waals surface area contributed by atoms with Crippen LogP contribution in [0.15, 0.2) is 79.1 Å². The lowest BCUT2D eigenvalue weighted by Gasteiger charge is -2.40. The third-order valence-electron chi connectivity index (χ3n) is 9.79. The van der Waals surface area contributed by atoms with Gasteiger partial charge >= 0.3 is 0 Å². The Morgan fingerprint density at radius 1 is 1.00 bits per heavy atom. The van der Waals surface area contributed by atoms with Gasteiger partial charge in [-0.15, -0.1) is 5.10 Å². The molecule has 3 aromatic carbocycles. The molecule has 1 aliphatic carbocycles. The van der Waals surface area contributed by atoms with Crippen molar-refractivity contribution in [3.63, 3.8) is 0 Å². The highest BCUT2D eigenvalue weighted by Crippen LogP contribution is 2.39. The second-order valence-corrected chi connectivity index (χ2v) is 14.2. The number of pyridine rings is 1. The van der Waals surface area contributed by atoms with E-state index in [1.54, 1.807) is 6.20 Å². The standard InChI is InChI=1S/C38H41ClN8/c1-38(2,3)46-18-16-29(17-19-46)47-24-34(44-45-47)36(26-11-5-4-6-12-26)42-28-20-31-35(27(22-40)23-41-37(31)32(39)21-28)43-33-15-9-13-25-10-7-8-14-30(25)33/h4-8,10-12,14,20-21,23-24,29,33,36,42H,9,13,15-19H2,1-3H3,(H,41,43)/t33-,36-/m0/s1. The number of anilines is 2. The van der Waals surface area contributed by atoms with Gasteiger partial charge in [0.05, 0.1) is 46.1 Å². The molecule has 47 heavy (non-hydrogen) atoms. The Labute approximate surface area is 281 Å². The van der Waals surface area contributed by atoms with Crippen LogP contribution in [-0.2, 0) is 6.42 Å². The zero-order valence-corrected chi connectivity index (χ0v) is 28.0. The van der Waals surface area contributed by atoms with Crippen LogP contribution in [0, 0.1) is 11.3 Å².